The molecule has 0 radical (unpaired) electrons. The first-order valence-corrected chi connectivity index (χ1v) is 19.8. The first-order chi connectivity index (χ1) is 22.3. The lowest BCUT2D eigenvalue weighted by Crippen LogP contribution is -2.48. The van der Waals surface area contributed by atoms with Gasteiger partial charge in [0.2, 0.25) is 5.91 Å². The SMILES string of the molecule is Cc1cc(CO[Si](C)(C)C(C)(C)C)ccc1NC(=O)CCc1ccc(-c2ccccc2)c(NC(=O)O[C@@H]2C[C@@H]3[C@H]4O[C@H]4[C@H](C2)N3C)c1. The number of anilines is 2. The molecule has 0 unspecified atom stereocenters. The molecule has 3 aliphatic heterocycles. The zero-order chi connectivity index (χ0) is 33.5. The highest BCUT2D eigenvalue weighted by Gasteiger charge is 2.62. The molecule has 9 heteroatoms. The van der Waals surface area contributed by atoms with Crippen molar-refractivity contribution < 1.29 is 23.5 Å². The van der Waals surface area contributed by atoms with Crippen molar-refractivity contribution in [1.29, 1.82) is 0 Å². The van der Waals surface area contributed by atoms with Gasteiger partial charge < -0.3 is 19.2 Å². The summed E-state index contributed by atoms with van der Waals surface area (Å²) in [6, 6.07) is 22.7. The largest absolute Gasteiger partial charge is 0.446 e. The molecule has 0 saturated carbocycles. The van der Waals surface area contributed by atoms with E-state index in [0.717, 1.165) is 46.3 Å². The Hall–Kier alpha value is -3.50. The van der Waals surface area contributed by atoms with Gasteiger partial charge in [0.15, 0.2) is 8.32 Å². The lowest BCUT2D eigenvalue weighted by molar-refractivity contribution is -0.116. The Balaban J connectivity index is 1.07. The number of hydrogen-bond donors (Lipinski definition) is 2. The van der Waals surface area contributed by atoms with Gasteiger partial charge in [-0.15, -0.1) is 0 Å². The van der Waals surface area contributed by atoms with Gasteiger partial charge in [0, 0.05) is 42.6 Å². The van der Waals surface area contributed by atoms with Crippen LogP contribution in [-0.4, -0.2) is 62.7 Å². The number of fused-ring (bicyclic) bond motifs is 5. The van der Waals surface area contributed by atoms with Crippen LogP contribution >= 0.6 is 0 Å². The predicted octanol–water partition coefficient (Wildman–Crippen LogP) is 7.92. The van der Waals surface area contributed by atoms with Crippen LogP contribution in [0.25, 0.3) is 11.1 Å². The summed E-state index contributed by atoms with van der Waals surface area (Å²) in [4.78, 5) is 28.6. The monoisotopic (exact) mass is 655 g/mol. The Bertz CT molecular complexity index is 1600. The van der Waals surface area contributed by atoms with Crippen molar-refractivity contribution in [3.63, 3.8) is 0 Å². The molecule has 250 valence electrons. The molecule has 3 heterocycles. The predicted molar refractivity (Wildman–Crippen MR) is 189 cm³/mol. The third-order valence-corrected chi connectivity index (χ3v) is 15.1. The Morgan fingerprint density at radius 3 is 2.26 bits per heavy atom. The van der Waals surface area contributed by atoms with Crippen LogP contribution in [0.3, 0.4) is 0 Å². The molecule has 47 heavy (non-hydrogen) atoms. The minimum Gasteiger partial charge on any atom is -0.446 e. The Labute approximate surface area is 280 Å². The number of nitrogens with zero attached hydrogens (tertiary/aromatic N) is 1. The van der Waals surface area contributed by atoms with Gasteiger partial charge >= 0.3 is 6.09 Å². The van der Waals surface area contributed by atoms with Crippen LogP contribution in [0.5, 0.6) is 0 Å². The van der Waals surface area contributed by atoms with Gasteiger partial charge in [-0.05, 0) is 72.9 Å². The average molecular weight is 656 g/mol. The third kappa shape index (κ3) is 7.48. The molecule has 3 aromatic carbocycles. The lowest BCUT2D eigenvalue weighted by Gasteiger charge is -2.37. The van der Waals surface area contributed by atoms with E-state index < -0.39 is 14.4 Å². The summed E-state index contributed by atoms with van der Waals surface area (Å²) >= 11 is 0. The number of benzene rings is 3. The van der Waals surface area contributed by atoms with Gasteiger partial charge in [-0.25, -0.2) is 4.79 Å². The summed E-state index contributed by atoms with van der Waals surface area (Å²) in [5.74, 6) is -0.0571. The number of carbonyl (C=O) groups is 2. The minimum absolute atomic E-state index is 0.0571. The molecule has 6 rings (SSSR count). The summed E-state index contributed by atoms with van der Waals surface area (Å²) in [5, 5.41) is 6.27. The van der Waals surface area contributed by atoms with Gasteiger partial charge in [-0.1, -0.05) is 75.4 Å². The van der Waals surface area contributed by atoms with Crippen molar-refractivity contribution in [1.82, 2.24) is 4.90 Å². The second-order valence-corrected chi connectivity index (χ2v) is 19.8. The van der Waals surface area contributed by atoms with Gasteiger partial charge in [0.25, 0.3) is 0 Å². The Morgan fingerprint density at radius 2 is 1.60 bits per heavy atom. The van der Waals surface area contributed by atoms with Crippen LogP contribution in [0.1, 0.15) is 56.7 Å². The van der Waals surface area contributed by atoms with E-state index in [1.54, 1.807) is 0 Å². The summed E-state index contributed by atoms with van der Waals surface area (Å²) < 4.78 is 18.1. The molecule has 0 aromatic heterocycles. The van der Waals surface area contributed by atoms with Crippen LogP contribution in [-0.2, 0) is 31.7 Å². The number of piperidine rings is 1. The van der Waals surface area contributed by atoms with E-state index in [4.69, 9.17) is 13.9 Å². The number of ether oxygens (including phenoxy) is 2. The minimum atomic E-state index is -1.85. The number of morpholine rings is 1. The number of amides is 2. The highest BCUT2D eigenvalue weighted by molar-refractivity contribution is 6.74. The second-order valence-electron chi connectivity index (χ2n) is 15.0. The topological polar surface area (TPSA) is 92.4 Å². The number of epoxide rings is 1. The van der Waals surface area contributed by atoms with Crippen molar-refractivity contribution in [2.45, 2.75) is 109 Å². The van der Waals surface area contributed by atoms with Crippen molar-refractivity contribution in [3.05, 3.63) is 83.4 Å². The van der Waals surface area contributed by atoms with Crippen molar-refractivity contribution >= 4 is 31.7 Å². The second kappa shape index (κ2) is 13.2. The molecule has 3 fully saturated rings. The molecule has 0 aliphatic carbocycles. The fourth-order valence-electron chi connectivity index (χ4n) is 6.71. The van der Waals surface area contributed by atoms with E-state index in [1.165, 1.54) is 0 Å². The first kappa shape index (κ1) is 33.4. The van der Waals surface area contributed by atoms with Gasteiger partial charge in [-0.2, -0.15) is 0 Å². The molecule has 2 amide bonds. The zero-order valence-corrected chi connectivity index (χ0v) is 29.8. The number of hydrogen-bond acceptors (Lipinski definition) is 6. The zero-order valence-electron chi connectivity index (χ0n) is 28.8. The maximum absolute atomic E-state index is 13.2. The van der Waals surface area contributed by atoms with E-state index in [-0.39, 0.29) is 29.3 Å². The maximum atomic E-state index is 13.2. The van der Waals surface area contributed by atoms with Crippen molar-refractivity contribution in [3.8, 4) is 11.1 Å². The lowest BCUT2D eigenvalue weighted by atomic mass is 9.99. The van der Waals surface area contributed by atoms with E-state index >= 15 is 0 Å². The molecule has 5 atom stereocenters. The first-order valence-electron chi connectivity index (χ1n) is 16.9. The van der Waals surface area contributed by atoms with Crippen LogP contribution in [0.2, 0.25) is 18.1 Å². The molecular weight excluding hydrogens is 607 g/mol. The van der Waals surface area contributed by atoms with Crippen LogP contribution in [0, 0.1) is 6.92 Å². The maximum Gasteiger partial charge on any atom is 0.411 e. The fourth-order valence-corrected chi connectivity index (χ4v) is 7.67. The molecule has 3 aromatic rings. The van der Waals surface area contributed by atoms with Crippen molar-refractivity contribution in [2.24, 2.45) is 0 Å². The summed E-state index contributed by atoms with van der Waals surface area (Å²) in [6.07, 6.45) is 2.41. The van der Waals surface area contributed by atoms with E-state index in [0.29, 0.717) is 37.2 Å². The van der Waals surface area contributed by atoms with E-state index in [9.17, 15) is 9.59 Å². The number of nitrogens with one attached hydrogen (secondary N) is 2. The molecule has 8 nitrogen and oxygen atoms in total. The molecule has 3 aliphatic rings. The van der Waals surface area contributed by atoms with Crippen LogP contribution in [0.4, 0.5) is 16.2 Å². The summed E-state index contributed by atoms with van der Waals surface area (Å²) in [5.41, 5.74) is 6.46. The van der Waals surface area contributed by atoms with Gasteiger partial charge in [0.1, 0.15) is 18.3 Å². The highest BCUT2D eigenvalue weighted by atomic mass is 28.4. The quantitative estimate of drug-likeness (QED) is 0.170. The summed E-state index contributed by atoms with van der Waals surface area (Å²) in [6.45, 7) is 13.8. The number of likely N-dealkylation sites (N-methyl/N-ethyl adjacent to an activating group) is 1. The molecule has 2 N–H and O–H groups in total. The van der Waals surface area contributed by atoms with Crippen molar-refractivity contribution in [2.75, 3.05) is 17.7 Å². The molecule has 3 saturated heterocycles. The van der Waals surface area contributed by atoms with Gasteiger partial charge in [-0.3, -0.25) is 15.0 Å². The number of carbonyl (C=O) groups excluding carboxylic acids is 2. The average Bonchev–Trinajstić information content (AvgIpc) is 3.79. The highest BCUT2D eigenvalue weighted by Crippen LogP contribution is 2.48. The van der Waals surface area contributed by atoms with Gasteiger partial charge in [0.05, 0.1) is 12.3 Å². The Morgan fingerprint density at radius 1 is 0.915 bits per heavy atom. The third-order valence-electron chi connectivity index (χ3n) is 10.7. The van der Waals surface area contributed by atoms with E-state index in [2.05, 4.69) is 62.5 Å². The molecule has 0 spiro atoms. The summed E-state index contributed by atoms with van der Waals surface area (Å²) in [7, 11) is 0.296. The normalized spacial score (nSPS) is 23.6. The smallest absolute Gasteiger partial charge is 0.411 e. The molecule has 2 bridgehead atoms. The fraction of sp³-hybridized carbons (Fsp3) is 0.474. The Kier molecular flexibility index (Phi) is 9.37. The van der Waals surface area contributed by atoms with E-state index in [1.807, 2.05) is 67.6 Å². The number of aryl methyl sites for hydroxylation is 2. The van der Waals surface area contributed by atoms with Crippen LogP contribution in [0.15, 0.2) is 66.7 Å². The van der Waals surface area contributed by atoms with Crippen LogP contribution < -0.4 is 10.6 Å². The molecular formula is C38H49N3O5Si. The number of rotatable bonds is 10. The standard InChI is InChI=1S/C38H49N3O5Si/c1-24-19-26(23-44-47(6,7)38(2,3)4)14-17-30(24)39-34(42)18-15-25-13-16-29(27-11-9-8-10-12-27)31(20-25)40-37(43)45-28-21-32-35-36(46-35)33(22-28)41(32)5/h8-14,16-17,19-20,28,32-33,35-36H,15,18,21-23H2,1-7H3,(H,39,42)(H,40,43)/t28-,32-,33+,35-,36+.